The van der Waals surface area contributed by atoms with Crippen molar-refractivity contribution in [2.75, 3.05) is 13.1 Å². The molecule has 21 heavy (non-hydrogen) atoms. The summed E-state index contributed by atoms with van der Waals surface area (Å²) in [7, 11) is 1.82. The first-order valence-corrected chi connectivity index (χ1v) is 7.27. The number of rotatable bonds is 7. The van der Waals surface area contributed by atoms with Crippen LogP contribution in [0.4, 0.5) is 0 Å². The zero-order chi connectivity index (χ0) is 16.2. The molecule has 1 heterocycles. The molecule has 1 rings (SSSR count). The Bertz CT molecular complexity index is 506. The lowest BCUT2D eigenvalue weighted by Gasteiger charge is -2.23. The second kappa shape index (κ2) is 7.24. The summed E-state index contributed by atoms with van der Waals surface area (Å²) in [5, 5.41) is 13.1. The van der Waals surface area contributed by atoms with Crippen molar-refractivity contribution >= 4 is 11.9 Å². The fourth-order valence-corrected chi connectivity index (χ4v) is 2.24. The topological polar surface area (TPSA) is 75.4 Å². The number of carbonyl (C=O) groups excluding carboxylic acids is 1. The van der Waals surface area contributed by atoms with E-state index in [0.29, 0.717) is 12.2 Å². The molecule has 0 spiro atoms. The van der Waals surface area contributed by atoms with Crippen molar-refractivity contribution in [2.24, 2.45) is 13.0 Å². The lowest BCUT2D eigenvalue weighted by molar-refractivity contribution is -0.137. The largest absolute Gasteiger partial charge is 0.481 e. The molecule has 6 nitrogen and oxygen atoms in total. The summed E-state index contributed by atoms with van der Waals surface area (Å²) in [5.41, 5.74) is 1.37. The van der Waals surface area contributed by atoms with E-state index in [1.54, 1.807) is 15.6 Å². The standard InChI is InChI=1S/C15H25N3O3/c1-10(2)9-18(7-6-14(19)20)15(21)12-8-13(11(3)4)17(5)16-12/h8,10-11H,6-7,9H2,1-5H3,(H,19,20). The highest BCUT2D eigenvalue weighted by atomic mass is 16.4. The molecule has 0 bridgehead atoms. The number of hydrogen-bond acceptors (Lipinski definition) is 3. The van der Waals surface area contributed by atoms with Gasteiger partial charge in [0.15, 0.2) is 5.69 Å². The fourth-order valence-electron chi connectivity index (χ4n) is 2.24. The van der Waals surface area contributed by atoms with Crippen molar-refractivity contribution in [3.8, 4) is 0 Å². The normalized spacial score (nSPS) is 11.2. The molecule has 0 atom stereocenters. The van der Waals surface area contributed by atoms with Crippen molar-refractivity contribution in [2.45, 2.75) is 40.0 Å². The number of aliphatic carboxylic acids is 1. The highest BCUT2D eigenvalue weighted by Crippen LogP contribution is 2.16. The second-order valence-electron chi connectivity index (χ2n) is 6.02. The third kappa shape index (κ3) is 4.88. The maximum atomic E-state index is 12.5. The first-order chi connectivity index (χ1) is 9.72. The van der Waals surface area contributed by atoms with Gasteiger partial charge in [0.05, 0.1) is 6.42 Å². The van der Waals surface area contributed by atoms with E-state index in [1.807, 2.05) is 34.7 Å². The van der Waals surface area contributed by atoms with E-state index in [9.17, 15) is 9.59 Å². The Morgan fingerprint density at radius 3 is 2.38 bits per heavy atom. The predicted molar refractivity (Wildman–Crippen MR) is 80.3 cm³/mol. The van der Waals surface area contributed by atoms with Crippen LogP contribution in [0.1, 0.15) is 56.2 Å². The molecule has 118 valence electrons. The summed E-state index contributed by atoms with van der Waals surface area (Å²) < 4.78 is 1.71. The molecule has 0 aliphatic rings. The maximum Gasteiger partial charge on any atom is 0.305 e. The highest BCUT2D eigenvalue weighted by molar-refractivity contribution is 5.92. The molecule has 1 amide bonds. The first kappa shape index (κ1) is 17.2. The minimum Gasteiger partial charge on any atom is -0.481 e. The molecule has 1 N–H and O–H groups in total. The lowest BCUT2D eigenvalue weighted by Crippen LogP contribution is -2.36. The summed E-state index contributed by atoms with van der Waals surface area (Å²) in [6, 6.07) is 1.79. The van der Waals surface area contributed by atoms with E-state index in [-0.39, 0.29) is 30.7 Å². The van der Waals surface area contributed by atoms with Gasteiger partial charge in [0, 0.05) is 25.8 Å². The maximum absolute atomic E-state index is 12.5. The minimum atomic E-state index is -0.902. The smallest absolute Gasteiger partial charge is 0.305 e. The van der Waals surface area contributed by atoms with Gasteiger partial charge < -0.3 is 10.0 Å². The molecule has 0 unspecified atom stereocenters. The Balaban J connectivity index is 2.93. The number of carbonyl (C=O) groups is 2. The lowest BCUT2D eigenvalue weighted by atomic mass is 10.1. The van der Waals surface area contributed by atoms with Crippen LogP contribution in [0, 0.1) is 5.92 Å². The van der Waals surface area contributed by atoms with Crippen LogP contribution in [0.15, 0.2) is 6.07 Å². The number of nitrogens with zero attached hydrogens (tertiary/aromatic N) is 3. The van der Waals surface area contributed by atoms with Crippen molar-refractivity contribution in [3.05, 3.63) is 17.5 Å². The molecule has 6 heteroatoms. The number of carboxylic acids is 1. The van der Waals surface area contributed by atoms with E-state index in [4.69, 9.17) is 5.11 Å². The summed E-state index contributed by atoms with van der Waals surface area (Å²) in [4.78, 5) is 24.9. The summed E-state index contributed by atoms with van der Waals surface area (Å²) in [6.07, 6.45) is -0.0532. The van der Waals surface area contributed by atoms with Crippen LogP contribution >= 0.6 is 0 Å². The SMILES string of the molecule is CC(C)CN(CCC(=O)O)C(=O)c1cc(C(C)C)n(C)n1. The Morgan fingerprint density at radius 1 is 1.33 bits per heavy atom. The predicted octanol–water partition coefficient (Wildman–Crippen LogP) is 2.12. The van der Waals surface area contributed by atoms with E-state index < -0.39 is 5.97 Å². The van der Waals surface area contributed by atoms with Crippen LogP contribution in [0.25, 0.3) is 0 Å². The first-order valence-electron chi connectivity index (χ1n) is 7.27. The van der Waals surface area contributed by atoms with Crippen molar-refractivity contribution in [1.82, 2.24) is 14.7 Å². The Hall–Kier alpha value is -1.85. The molecule has 0 aliphatic carbocycles. The Kier molecular flexibility index (Phi) is 5.93. The van der Waals surface area contributed by atoms with E-state index in [2.05, 4.69) is 5.10 Å². The summed E-state index contributed by atoms with van der Waals surface area (Å²) >= 11 is 0. The molecule has 0 fully saturated rings. The van der Waals surface area contributed by atoms with Gasteiger partial charge in [-0.05, 0) is 17.9 Å². The number of aryl methyl sites for hydroxylation is 1. The summed E-state index contributed by atoms with van der Waals surface area (Å²) in [6.45, 7) is 8.82. The average molecular weight is 295 g/mol. The molecule has 0 saturated heterocycles. The quantitative estimate of drug-likeness (QED) is 0.836. The van der Waals surface area contributed by atoms with Gasteiger partial charge in [0.2, 0.25) is 0 Å². The third-order valence-electron chi connectivity index (χ3n) is 3.19. The molecular formula is C15H25N3O3. The van der Waals surface area contributed by atoms with Crippen LogP contribution in [-0.4, -0.2) is 44.8 Å². The number of hydrogen-bond donors (Lipinski definition) is 1. The highest BCUT2D eigenvalue weighted by Gasteiger charge is 2.22. The van der Waals surface area contributed by atoms with Gasteiger partial charge >= 0.3 is 5.97 Å². The van der Waals surface area contributed by atoms with Crippen molar-refractivity contribution < 1.29 is 14.7 Å². The number of amides is 1. The van der Waals surface area contributed by atoms with Gasteiger partial charge in [-0.3, -0.25) is 14.3 Å². The molecule has 0 saturated carbocycles. The fraction of sp³-hybridized carbons (Fsp3) is 0.667. The van der Waals surface area contributed by atoms with Gasteiger partial charge in [-0.15, -0.1) is 0 Å². The Morgan fingerprint density at radius 2 is 1.95 bits per heavy atom. The van der Waals surface area contributed by atoms with Gasteiger partial charge in [-0.25, -0.2) is 0 Å². The van der Waals surface area contributed by atoms with Gasteiger partial charge in [-0.1, -0.05) is 27.7 Å². The zero-order valence-corrected chi connectivity index (χ0v) is 13.5. The number of carboxylic acid groups (broad SMARTS) is 1. The molecule has 0 radical (unpaired) electrons. The van der Waals surface area contributed by atoms with E-state index in [1.165, 1.54) is 0 Å². The molecule has 1 aromatic heterocycles. The van der Waals surface area contributed by atoms with Crippen LogP contribution in [0.3, 0.4) is 0 Å². The van der Waals surface area contributed by atoms with E-state index in [0.717, 1.165) is 5.69 Å². The zero-order valence-electron chi connectivity index (χ0n) is 13.5. The van der Waals surface area contributed by atoms with Crippen LogP contribution < -0.4 is 0 Å². The summed E-state index contributed by atoms with van der Waals surface area (Å²) in [5.74, 6) is -0.550. The average Bonchev–Trinajstić information content (AvgIpc) is 2.75. The molecule has 0 aliphatic heterocycles. The molecule has 1 aromatic rings. The monoisotopic (exact) mass is 295 g/mol. The Labute approximate surface area is 125 Å². The van der Waals surface area contributed by atoms with Gasteiger partial charge in [-0.2, -0.15) is 5.10 Å². The van der Waals surface area contributed by atoms with Crippen LogP contribution in [0.5, 0.6) is 0 Å². The molecule has 0 aromatic carbocycles. The van der Waals surface area contributed by atoms with E-state index >= 15 is 0 Å². The van der Waals surface area contributed by atoms with Crippen molar-refractivity contribution in [1.29, 1.82) is 0 Å². The van der Waals surface area contributed by atoms with Gasteiger partial charge in [0.25, 0.3) is 5.91 Å². The third-order valence-corrected chi connectivity index (χ3v) is 3.19. The molecular weight excluding hydrogens is 270 g/mol. The minimum absolute atomic E-state index is 0.0532. The van der Waals surface area contributed by atoms with Crippen LogP contribution in [0.2, 0.25) is 0 Å². The number of aromatic nitrogens is 2. The van der Waals surface area contributed by atoms with Crippen molar-refractivity contribution in [3.63, 3.8) is 0 Å². The van der Waals surface area contributed by atoms with Gasteiger partial charge in [0.1, 0.15) is 0 Å². The second-order valence-corrected chi connectivity index (χ2v) is 6.02. The van der Waals surface area contributed by atoms with Crippen LogP contribution in [-0.2, 0) is 11.8 Å².